The van der Waals surface area contributed by atoms with Crippen LogP contribution in [0.25, 0.3) is 6.08 Å². The van der Waals surface area contributed by atoms with Gasteiger partial charge < -0.3 is 5.11 Å². The molecule has 0 spiro atoms. The SMILES string of the molecule is Oc1ccc(Br)nc1C=CCS. The summed E-state index contributed by atoms with van der Waals surface area (Å²) in [7, 11) is 0. The third kappa shape index (κ3) is 2.53. The molecule has 1 aromatic heterocycles. The van der Waals surface area contributed by atoms with Crippen LogP contribution in [0.1, 0.15) is 5.69 Å². The van der Waals surface area contributed by atoms with Crippen molar-refractivity contribution in [2.45, 2.75) is 0 Å². The zero-order valence-electron chi connectivity index (χ0n) is 6.24. The highest BCUT2D eigenvalue weighted by atomic mass is 79.9. The van der Waals surface area contributed by atoms with Gasteiger partial charge in [-0.3, -0.25) is 0 Å². The summed E-state index contributed by atoms with van der Waals surface area (Å²) in [6.45, 7) is 0. The van der Waals surface area contributed by atoms with E-state index in [-0.39, 0.29) is 5.75 Å². The fraction of sp³-hybridized carbons (Fsp3) is 0.125. The van der Waals surface area contributed by atoms with E-state index in [0.29, 0.717) is 16.0 Å². The van der Waals surface area contributed by atoms with Crippen molar-refractivity contribution in [3.05, 3.63) is 28.5 Å². The Morgan fingerprint density at radius 2 is 2.33 bits per heavy atom. The van der Waals surface area contributed by atoms with Crippen LogP contribution in [0.3, 0.4) is 0 Å². The maximum absolute atomic E-state index is 9.30. The average Bonchev–Trinajstić information content (AvgIpc) is 2.07. The molecule has 0 saturated heterocycles. The third-order valence-electron chi connectivity index (χ3n) is 1.25. The monoisotopic (exact) mass is 245 g/mol. The van der Waals surface area contributed by atoms with E-state index in [1.165, 1.54) is 0 Å². The molecule has 1 rings (SSSR count). The second-order valence-corrected chi connectivity index (χ2v) is 3.30. The molecule has 0 atom stereocenters. The fourth-order valence-electron chi connectivity index (χ4n) is 0.730. The highest BCUT2D eigenvalue weighted by Crippen LogP contribution is 2.18. The number of halogens is 1. The van der Waals surface area contributed by atoms with E-state index in [1.807, 2.05) is 6.08 Å². The van der Waals surface area contributed by atoms with Gasteiger partial charge >= 0.3 is 0 Å². The summed E-state index contributed by atoms with van der Waals surface area (Å²) in [5.74, 6) is 0.810. The van der Waals surface area contributed by atoms with Crippen LogP contribution < -0.4 is 0 Å². The Hall–Kier alpha value is -0.480. The van der Waals surface area contributed by atoms with Gasteiger partial charge in [0.25, 0.3) is 0 Å². The minimum absolute atomic E-state index is 0.177. The van der Waals surface area contributed by atoms with Gasteiger partial charge in [-0.1, -0.05) is 6.08 Å². The van der Waals surface area contributed by atoms with Gasteiger partial charge in [0.15, 0.2) is 0 Å². The molecule has 0 amide bonds. The highest BCUT2D eigenvalue weighted by Gasteiger charge is 1.98. The number of pyridine rings is 1. The van der Waals surface area contributed by atoms with Crippen molar-refractivity contribution < 1.29 is 5.11 Å². The van der Waals surface area contributed by atoms with Crippen LogP contribution in [0.5, 0.6) is 5.75 Å². The maximum Gasteiger partial charge on any atom is 0.141 e. The predicted octanol–water partition coefficient (Wildman–Crippen LogP) is 2.49. The van der Waals surface area contributed by atoms with Crippen molar-refractivity contribution in [2.75, 3.05) is 5.75 Å². The topological polar surface area (TPSA) is 33.1 Å². The Labute approximate surface area is 84.9 Å². The van der Waals surface area contributed by atoms with Crippen LogP contribution in [0, 0.1) is 0 Å². The van der Waals surface area contributed by atoms with Gasteiger partial charge in [-0.15, -0.1) is 0 Å². The number of rotatable bonds is 2. The quantitative estimate of drug-likeness (QED) is 0.620. The molecule has 0 aliphatic carbocycles. The number of aromatic nitrogens is 1. The van der Waals surface area contributed by atoms with Gasteiger partial charge in [-0.2, -0.15) is 12.6 Å². The average molecular weight is 246 g/mol. The number of hydrogen-bond acceptors (Lipinski definition) is 3. The van der Waals surface area contributed by atoms with Gasteiger partial charge in [0.05, 0.1) is 0 Å². The summed E-state index contributed by atoms with van der Waals surface area (Å²) >= 11 is 7.22. The zero-order valence-corrected chi connectivity index (χ0v) is 8.72. The standard InChI is InChI=1S/C8H8BrNOS/c9-8-4-3-7(11)6(10-8)2-1-5-12/h1-4,11-12H,5H2. The summed E-state index contributed by atoms with van der Waals surface area (Å²) in [4.78, 5) is 4.06. The molecule has 1 N–H and O–H groups in total. The fourth-order valence-corrected chi connectivity index (χ4v) is 1.16. The van der Waals surface area contributed by atoms with Crippen LogP contribution in [0.4, 0.5) is 0 Å². The first-order chi connectivity index (χ1) is 5.74. The molecule has 12 heavy (non-hydrogen) atoms. The molecule has 1 aromatic rings. The van der Waals surface area contributed by atoms with E-state index in [0.717, 1.165) is 0 Å². The molecule has 0 radical (unpaired) electrons. The largest absolute Gasteiger partial charge is 0.506 e. The van der Waals surface area contributed by atoms with E-state index in [4.69, 9.17) is 0 Å². The number of thiol groups is 1. The van der Waals surface area contributed by atoms with E-state index in [9.17, 15) is 5.11 Å². The summed E-state index contributed by atoms with van der Waals surface area (Å²) in [6, 6.07) is 3.28. The molecule has 0 aliphatic rings. The van der Waals surface area contributed by atoms with E-state index in [1.54, 1.807) is 18.2 Å². The van der Waals surface area contributed by atoms with E-state index < -0.39 is 0 Å². The Morgan fingerprint density at radius 3 is 3.00 bits per heavy atom. The van der Waals surface area contributed by atoms with Crippen LogP contribution >= 0.6 is 28.6 Å². The van der Waals surface area contributed by atoms with Crippen LogP contribution in [0.2, 0.25) is 0 Å². The lowest BCUT2D eigenvalue weighted by Crippen LogP contribution is -1.82. The Bertz CT molecular complexity index is 301. The first kappa shape index (κ1) is 9.61. The van der Waals surface area contributed by atoms with Gasteiger partial charge in [0.2, 0.25) is 0 Å². The van der Waals surface area contributed by atoms with Crippen molar-refractivity contribution >= 4 is 34.6 Å². The second kappa shape index (κ2) is 4.52. The summed E-state index contributed by atoms with van der Waals surface area (Å²) in [5, 5.41) is 9.30. The van der Waals surface area contributed by atoms with Crippen molar-refractivity contribution in [3.63, 3.8) is 0 Å². The molecule has 64 valence electrons. The molecule has 1 heterocycles. The predicted molar refractivity (Wildman–Crippen MR) is 56.5 cm³/mol. The van der Waals surface area contributed by atoms with E-state index >= 15 is 0 Å². The zero-order chi connectivity index (χ0) is 8.97. The molecule has 4 heteroatoms. The summed E-state index contributed by atoms with van der Waals surface area (Å²) < 4.78 is 0.708. The van der Waals surface area contributed by atoms with Gasteiger partial charge in [0.1, 0.15) is 16.0 Å². The number of hydrogen-bond donors (Lipinski definition) is 2. The van der Waals surface area contributed by atoms with Crippen LogP contribution in [0.15, 0.2) is 22.8 Å². The van der Waals surface area contributed by atoms with Crippen molar-refractivity contribution in [2.24, 2.45) is 0 Å². The molecule has 0 aliphatic heterocycles. The molecular weight excluding hydrogens is 238 g/mol. The molecule has 0 bridgehead atoms. The third-order valence-corrected chi connectivity index (χ3v) is 1.90. The number of aromatic hydroxyl groups is 1. The minimum Gasteiger partial charge on any atom is -0.506 e. The molecule has 0 unspecified atom stereocenters. The first-order valence-electron chi connectivity index (χ1n) is 3.37. The lowest BCUT2D eigenvalue weighted by atomic mass is 10.3. The molecule has 0 saturated carbocycles. The molecular formula is C8H8BrNOS. The smallest absolute Gasteiger partial charge is 0.141 e. The lowest BCUT2D eigenvalue weighted by Gasteiger charge is -1.97. The summed E-state index contributed by atoms with van der Waals surface area (Å²) in [6.07, 6.45) is 3.55. The first-order valence-corrected chi connectivity index (χ1v) is 4.79. The molecule has 0 fully saturated rings. The Kier molecular flexibility index (Phi) is 3.62. The Morgan fingerprint density at radius 1 is 1.58 bits per heavy atom. The lowest BCUT2D eigenvalue weighted by molar-refractivity contribution is 0.471. The van der Waals surface area contributed by atoms with Crippen LogP contribution in [-0.2, 0) is 0 Å². The normalized spacial score (nSPS) is 10.8. The van der Waals surface area contributed by atoms with Crippen molar-refractivity contribution in [1.29, 1.82) is 0 Å². The van der Waals surface area contributed by atoms with Gasteiger partial charge in [-0.25, -0.2) is 4.98 Å². The minimum atomic E-state index is 0.177. The molecule has 2 nitrogen and oxygen atoms in total. The Balaban J connectivity index is 2.97. The highest BCUT2D eigenvalue weighted by molar-refractivity contribution is 9.10. The number of nitrogens with zero attached hydrogens (tertiary/aromatic N) is 1. The van der Waals surface area contributed by atoms with E-state index in [2.05, 4.69) is 33.5 Å². The van der Waals surface area contributed by atoms with Gasteiger partial charge in [0, 0.05) is 5.75 Å². The van der Waals surface area contributed by atoms with Gasteiger partial charge in [-0.05, 0) is 34.1 Å². The van der Waals surface area contributed by atoms with Crippen molar-refractivity contribution in [3.8, 4) is 5.75 Å². The molecule has 0 aromatic carbocycles. The second-order valence-electron chi connectivity index (χ2n) is 2.12. The van der Waals surface area contributed by atoms with Crippen LogP contribution in [-0.4, -0.2) is 15.8 Å². The van der Waals surface area contributed by atoms with Crippen molar-refractivity contribution in [1.82, 2.24) is 4.98 Å². The maximum atomic E-state index is 9.30. The summed E-state index contributed by atoms with van der Waals surface area (Å²) in [5.41, 5.74) is 0.554.